The summed E-state index contributed by atoms with van der Waals surface area (Å²) < 4.78 is 10.5. The van der Waals surface area contributed by atoms with Gasteiger partial charge in [0.15, 0.2) is 5.78 Å². The molecule has 0 aromatic rings. The van der Waals surface area contributed by atoms with Crippen LogP contribution in [0.3, 0.4) is 0 Å². The minimum atomic E-state index is 0.0296. The van der Waals surface area contributed by atoms with Gasteiger partial charge in [0.1, 0.15) is 6.61 Å². The molecule has 0 amide bonds. The zero-order valence-electron chi connectivity index (χ0n) is 10.5. The van der Waals surface area contributed by atoms with E-state index in [9.17, 15) is 4.79 Å². The molecule has 0 aliphatic carbocycles. The van der Waals surface area contributed by atoms with Crippen molar-refractivity contribution >= 4 is 5.78 Å². The molecule has 0 fully saturated rings. The minimum absolute atomic E-state index is 0.0296. The third kappa shape index (κ3) is 11.4. The molecule has 0 heterocycles. The molecule has 0 rings (SSSR count). The van der Waals surface area contributed by atoms with Crippen molar-refractivity contribution in [2.45, 2.75) is 39.5 Å². The molecule has 3 nitrogen and oxygen atoms in total. The molecule has 0 aromatic heterocycles. The van der Waals surface area contributed by atoms with Gasteiger partial charge in [-0.05, 0) is 18.9 Å². The number of carbonyl (C=O) groups excluding carboxylic acids is 1. The Kier molecular flexibility index (Phi) is 11.9. The first-order valence-corrected chi connectivity index (χ1v) is 6.16. The fourth-order valence-electron chi connectivity index (χ4n) is 1.07. The SMILES string of the molecule is CCCC=CC(=O)COCCOCCCC. The summed E-state index contributed by atoms with van der Waals surface area (Å²) >= 11 is 0. The predicted molar refractivity (Wildman–Crippen MR) is 65.6 cm³/mol. The largest absolute Gasteiger partial charge is 0.379 e. The summed E-state index contributed by atoms with van der Waals surface area (Å²) in [6, 6.07) is 0. The Morgan fingerprint density at radius 1 is 1.06 bits per heavy atom. The molecule has 0 radical (unpaired) electrons. The molecule has 0 unspecified atom stereocenters. The van der Waals surface area contributed by atoms with E-state index in [0.29, 0.717) is 13.2 Å². The number of ether oxygens (including phenoxy) is 2. The van der Waals surface area contributed by atoms with E-state index in [1.54, 1.807) is 6.08 Å². The molecule has 0 aromatic carbocycles. The van der Waals surface area contributed by atoms with Gasteiger partial charge in [0.2, 0.25) is 0 Å². The maximum atomic E-state index is 11.2. The average Bonchev–Trinajstić information content (AvgIpc) is 2.28. The molecule has 0 N–H and O–H groups in total. The van der Waals surface area contributed by atoms with Gasteiger partial charge in [0.05, 0.1) is 13.2 Å². The summed E-state index contributed by atoms with van der Waals surface area (Å²) in [5, 5.41) is 0. The number of carbonyl (C=O) groups is 1. The molecule has 3 heteroatoms. The van der Waals surface area contributed by atoms with Gasteiger partial charge in [0.25, 0.3) is 0 Å². The molecule has 94 valence electrons. The van der Waals surface area contributed by atoms with Crippen molar-refractivity contribution in [3.8, 4) is 0 Å². The summed E-state index contributed by atoms with van der Waals surface area (Å²) in [6.07, 6.45) is 7.73. The van der Waals surface area contributed by atoms with E-state index in [2.05, 4.69) is 13.8 Å². The van der Waals surface area contributed by atoms with Gasteiger partial charge in [-0.15, -0.1) is 0 Å². The van der Waals surface area contributed by atoms with Crippen LogP contribution in [-0.4, -0.2) is 32.2 Å². The Hall–Kier alpha value is -0.670. The number of unbranched alkanes of at least 4 members (excludes halogenated alkanes) is 2. The topological polar surface area (TPSA) is 35.5 Å². The highest BCUT2D eigenvalue weighted by molar-refractivity contribution is 5.90. The summed E-state index contributed by atoms with van der Waals surface area (Å²) in [5.74, 6) is 0.0296. The van der Waals surface area contributed by atoms with Gasteiger partial charge < -0.3 is 9.47 Å². The van der Waals surface area contributed by atoms with Crippen molar-refractivity contribution in [1.82, 2.24) is 0 Å². The molecule has 0 saturated carbocycles. The Morgan fingerprint density at radius 2 is 1.81 bits per heavy atom. The molecule has 0 aliphatic rings. The van der Waals surface area contributed by atoms with Crippen LogP contribution in [-0.2, 0) is 14.3 Å². The zero-order chi connectivity index (χ0) is 12.1. The van der Waals surface area contributed by atoms with Crippen molar-refractivity contribution in [3.63, 3.8) is 0 Å². The summed E-state index contributed by atoms with van der Waals surface area (Å²) in [5.41, 5.74) is 0. The van der Waals surface area contributed by atoms with E-state index in [1.807, 2.05) is 6.08 Å². The van der Waals surface area contributed by atoms with Gasteiger partial charge in [-0.25, -0.2) is 0 Å². The second kappa shape index (κ2) is 12.4. The van der Waals surface area contributed by atoms with Crippen LogP contribution in [0.5, 0.6) is 0 Å². The molecular formula is C13H24O3. The van der Waals surface area contributed by atoms with Crippen LogP contribution in [0.1, 0.15) is 39.5 Å². The third-order valence-corrected chi connectivity index (χ3v) is 2.02. The van der Waals surface area contributed by atoms with Crippen molar-refractivity contribution < 1.29 is 14.3 Å². The van der Waals surface area contributed by atoms with E-state index >= 15 is 0 Å². The van der Waals surface area contributed by atoms with Crippen LogP contribution in [0.4, 0.5) is 0 Å². The van der Waals surface area contributed by atoms with Crippen molar-refractivity contribution in [2.24, 2.45) is 0 Å². The molecule has 16 heavy (non-hydrogen) atoms. The molecule has 0 aliphatic heterocycles. The molecule has 0 saturated heterocycles. The van der Waals surface area contributed by atoms with Crippen LogP contribution in [0, 0.1) is 0 Å². The van der Waals surface area contributed by atoms with Gasteiger partial charge in [0, 0.05) is 6.61 Å². The number of allylic oxidation sites excluding steroid dienone is 1. The van der Waals surface area contributed by atoms with E-state index in [1.165, 1.54) is 0 Å². The molecular weight excluding hydrogens is 204 g/mol. The highest BCUT2D eigenvalue weighted by Crippen LogP contribution is 1.90. The molecule has 0 bridgehead atoms. The monoisotopic (exact) mass is 228 g/mol. The lowest BCUT2D eigenvalue weighted by atomic mass is 10.3. The van der Waals surface area contributed by atoms with E-state index in [0.717, 1.165) is 32.3 Å². The highest BCUT2D eigenvalue weighted by Gasteiger charge is 1.96. The van der Waals surface area contributed by atoms with E-state index < -0.39 is 0 Å². The number of ketones is 1. The minimum Gasteiger partial charge on any atom is -0.379 e. The Labute approximate surface area is 98.8 Å². The Bertz CT molecular complexity index is 188. The first-order chi connectivity index (χ1) is 7.81. The normalized spacial score (nSPS) is 11.1. The quantitative estimate of drug-likeness (QED) is 0.403. The maximum absolute atomic E-state index is 11.2. The van der Waals surface area contributed by atoms with Crippen molar-refractivity contribution in [2.75, 3.05) is 26.4 Å². The lowest BCUT2D eigenvalue weighted by Crippen LogP contribution is -2.10. The zero-order valence-corrected chi connectivity index (χ0v) is 10.5. The maximum Gasteiger partial charge on any atom is 0.180 e. The smallest absolute Gasteiger partial charge is 0.180 e. The van der Waals surface area contributed by atoms with Crippen LogP contribution < -0.4 is 0 Å². The van der Waals surface area contributed by atoms with Gasteiger partial charge in [-0.3, -0.25) is 4.79 Å². The van der Waals surface area contributed by atoms with Crippen LogP contribution >= 0.6 is 0 Å². The average molecular weight is 228 g/mol. The predicted octanol–water partition coefficient (Wildman–Crippen LogP) is 2.75. The number of hydrogen-bond acceptors (Lipinski definition) is 3. The van der Waals surface area contributed by atoms with Crippen LogP contribution in [0.15, 0.2) is 12.2 Å². The standard InChI is InChI=1S/C13H24O3/c1-3-5-7-8-13(14)12-16-11-10-15-9-6-4-2/h7-8H,3-6,9-12H2,1-2H3. The summed E-state index contributed by atoms with van der Waals surface area (Å²) in [4.78, 5) is 11.2. The number of hydrogen-bond donors (Lipinski definition) is 0. The van der Waals surface area contributed by atoms with Gasteiger partial charge in [-0.2, -0.15) is 0 Å². The van der Waals surface area contributed by atoms with Gasteiger partial charge >= 0.3 is 0 Å². The fourth-order valence-corrected chi connectivity index (χ4v) is 1.07. The Balaban J connectivity index is 3.21. The van der Waals surface area contributed by atoms with Crippen molar-refractivity contribution in [3.05, 3.63) is 12.2 Å². The number of rotatable bonds is 11. The fraction of sp³-hybridized carbons (Fsp3) is 0.769. The third-order valence-electron chi connectivity index (χ3n) is 2.02. The summed E-state index contributed by atoms with van der Waals surface area (Å²) in [7, 11) is 0. The van der Waals surface area contributed by atoms with Crippen LogP contribution in [0.25, 0.3) is 0 Å². The van der Waals surface area contributed by atoms with Crippen LogP contribution in [0.2, 0.25) is 0 Å². The lowest BCUT2D eigenvalue weighted by molar-refractivity contribution is -0.119. The first kappa shape index (κ1) is 15.3. The van der Waals surface area contributed by atoms with E-state index in [4.69, 9.17) is 9.47 Å². The summed E-state index contributed by atoms with van der Waals surface area (Å²) in [6.45, 7) is 6.23. The molecule has 0 spiro atoms. The second-order valence-corrected chi connectivity index (χ2v) is 3.68. The van der Waals surface area contributed by atoms with E-state index in [-0.39, 0.29) is 12.4 Å². The van der Waals surface area contributed by atoms with Gasteiger partial charge in [-0.1, -0.05) is 32.8 Å². The Morgan fingerprint density at radius 3 is 2.50 bits per heavy atom. The van der Waals surface area contributed by atoms with Crippen molar-refractivity contribution in [1.29, 1.82) is 0 Å². The molecule has 0 atom stereocenters. The first-order valence-electron chi connectivity index (χ1n) is 6.16. The second-order valence-electron chi connectivity index (χ2n) is 3.68. The highest BCUT2D eigenvalue weighted by atomic mass is 16.5. The lowest BCUT2D eigenvalue weighted by Gasteiger charge is -2.03.